The summed E-state index contributed by atoms with van der Waals surface area (Å²) in [5.41, 5.74) is 0.381. The molecule has 0 aliphatic heterocycles. The van der Waals surface area contributed by atoms with E-state index < -0.39 is 17.8 Å². The number of hydrogen-bond donors (Lipinski definition) is 1. The Morgan fingerprint density at radius 1 is 1.13 bits per heavy atom. The molecule has 0 spiro atoms. The monoisotopic (exact) mass is 340 g/mol. The first kappa shape index (κ1) is 17.4. The first-order valence-corrected chi connectivity index (χ1v) is 7.79. The van der Waals surface area contributed by atoms with E-state index in [0.717, 1.165) is 12.8 Å². The van der Waals surface area contributed by atoms with Crippen molar-refractivity contribution >= 4 is 29.2 Å². The zero-order valence-corrected chi connectivity index (χ0v) is 13.8. The third-order valence-electron chi connectivity index (χ3n) is 4.14. The lowest BCUT2D eigenvalue weighted by Crippen LogP contribution is -2.42. The van der Waals surface area contributed by atoms with Crippen molar-refractivity contribution in [2.45, 2.75) is 25.7 Å². The van der Waals surface area contributed by atoms with Crippen molar-refractivity contribution < 1.29 is 24.2 Å². The van der Waals surface area contributed by atoms with E-state index in [1.807, 2.05) is 0 Å². The SMILES string of the molecule is COc1cc(OC)c(NC(=O)[C@H]2CCCC[C@@H]2C(=O)[O-])cc1Cl. The second kappa shape index (κ2) is 7.55. The van der Waals surface area contributed by atoms with Crippen molar-refractivity contribution in [3.05, 3.63) is 17.2 Å². The van der Waals surface area contributed by atoms with Crippen LogP contribution in [0.25, 0.3) is 0 Å². The van der Waals surface area contributed by atoms with Crippen molar-refractivity contribution in [1.82, 2.24) is 0 Å². The summed E-state index contributed by atoms with van der Waals surface area (Å²) >= 11 is 6.07. The van der Waals surface area contributed by atoms with Gasteiger partial charge in [0.25, 0.3) is 0 Å². The molecule has 0 heterocycles. The normalized spacial score (nSPS) is 20.7. The average molecular weight is 341 g/mol. The molecule has 6 nitrogen and oxygen atoms in total. The summed E-state index contributed by atoms with van der Waals surface area (Å²) in [6.07, 6.45) is 2.60. The fourth-order valence-corrected chi connectivity index (χ4v) is 3.15. The number of amides is 1. The molecule has 2 rings (SSSR count). The van der Waals surface area contributed by atoms with Gasteiger partial charge in [-0.2, -0.15) is 0 Å². The molecule has 1 aromatic carbocycles. The lowest BCUT2D eigenvalue weighted by Gasteiger charge is -2.31. The summed E-state index contributed by atoms with van der Waals surface area (Å²) in [4.78, 5) is 23.7. The van der Waals surface area contributed by atoms with Crippen LogP contribution in [0.4, 0.5) is 5.69 Å². The minimum atomic E-state index is -1.18. The predicted octanol–water partition coefficient (Wildman–Crippen LogP) is 1.85. The quantitative estimate of drug-likeness (QED) is 0.883. The standard InChI is InChI=1S/C16H20ClNO5/c1-22-13-8-14(23-2)12(7-11(13)17)18-15(19)9-5-3-4-6-10(9)16(20)21/h7-10H,3-6H2,1-2H3,(H,18,19)(H,20,21)/p-1/t9-,10-/m0/s1. The van der Waals surface area contributed by atoms with Crippen molar-refractivity contribution in [2.24, 2.45) is 11.8 Å². The molecule has 0 radical (unpaired) electrons. The topological polar surface area (TPSA) is 87.7 Å². The number of carboxylic acids is 1. The van der Waals surface area contributed by atoms with Crippen molar-refractivity contribution in [3.63, 3.8) is 0 Å². The number of rotatable bonds is 5. The largest absolute Gasteiger partial charge is 0.550 e. The van der Waals surface area contributed by atoms with Gasteiger partial charge in [0.05, 0.1) is 24.9 Å². The van der Waals surface area contributed by atoms with E-state index in [1.54, 1.807) is 6.07 Å². The predicted molar refractivity (Wildman–Crippen MR) is 83.6 cm³/mol. The van der Waals surface area contributed by atoms with Crippen LogP contribution in [0.2, 0.25) is 5.02 Å². The Morgan fingerprint density at radius 3 is 2.30 bits per heavy atom. The number of methoxy groups -OCH3 is 2. The third kappa shape index (κ3) is 3.88. The fourth-order valence-electron chi connectivity index (χ4n) is 2.91. The maximum Gasteiger partial charge on any atom is 0.228 e. The molecular weight excluding hydrogens is 322 g/mol. The van der Waals surface area contributed by atoms with Crippen molar-refractivity contribution in [2.75, 3.05) is 19.5 Å². The summed E-state index contributed by atoms with van der Waals surface area (Å²) in [5.74, 6) is -2.10. The Hall–Kier alpha value is -1.95. The number of carbonyl (C=O) groups excluding carboxylic acids is 2. The number of carbonyl (C=O) groups is 2. The highest BCUT2D eigenvalue weighted by atomic mass is 35.5. The number of ether oxygens (including phenoxy) is 2. The summed E-state index contributed by atoms with van der Waals surface area (Å²) in [5, 5.41) is 14.3. The van der Waals surface area contributed by atoms with Crippen LogP contribution >= 0.6 is 11.6 Å². The Balaban J connectivity index is 2.22. The van der Waals surface area contributed by atoms with Crippen LogP contribution in [0.15, 0.2) is 12.1 Å². The van der Waals surface area contributed by atoms with Crippen LogP contribution < -0.4 is 19.9 Å². The van der Waals surface area contributed by atoms with Gasteiger partial charge in [0, 0.05) is 23.9 Å². The molecule has 7 heteroatoms. The van der Waals surface area contributed by atoms with Gasteiger partial charge in [-0.05, 0) is 18.9 Å². The second-order valence-corrected chi connectivity index (χ2v) is 5.90. The minimum Gasteiger partial charge on any atom is -0.550 e. The van der Waals surface area contributed by atoms with Gasteiger partial charge in [-0.25, -0.2) is 0 Å². The van der Waals surface area contributed by atoms with Gasteiger partial charge >= 0.3 is 0 Å². The zero-order chi connectivity index (χ0) is 17.0. The summed E-state index contributed by atoms with van der Waals surface area (Å²) in [6.45, 7) is 0. The van der Waals surface area contributed by atoms with Crippen LogP contribution in [0.5, 0.6) is 11.5 Å². The first-order chi connectivity index (χ1) is 11.0. The highest BCUT2D eigenvalue weighted by Gasteiger charge is 2.32. The number of benzene rings is 1. The molecule has 1 N–H and O–H groups in total. The molecule has 126 valence electrons. The highest BCUT2D eigenvalue weighted by molar-refractivity contribution is 6.32. The van der Waals surface area contributed by atoms with Crippen LogP contribution in [-0.4, -0.2) is 26.1 Å². The molecule has 2 atom stereocenters. The van der Waals surface area contributed by atoms with E-state index in [2.05, 4.69) is 5.32 Å². The molecule has 1 saturated carbocycles. The molecule has 0 bridgehead atoms. The molecule has 1 aromatic rings. The molecule has 1 aliphatic rings. The summed E-state index contributed by atoms with van der Waals surface area (Å²) in [6, 6.07) is 3.09. The third-order valence-corrected chi connectivity index (χ3v) is 4.43. The van der Waals surface area contributed by atoms with E-state index in [9.17, 15) is 14.7 Å². The van der Waals surface area contributed by atoms with Crippen LogP contribution in [0, 0.1) is 11.8 Å². The lowest BCUT2D eigenvalue weighted by atomic mass is 9.78. The molecule has 0 aromatic heterocycles. The van der Waals surface area contributed by atoms with Crippen LogP contribution in [-0.2, 0) is 9.59 Å². The van der Waals surface area contributed by atoms with E-state index in [0.29, 0.717) is 35.1 Å². The van der Waals surface area contributed by atoms with Gasteiger partial charge in [0.2, 0.25) is 5.91 Å². The molecule has 0 saturated heterocycles. The van der Waals surface area contributed by atoms with Gasteiger partial charge in [-0.1, -0.05) is 24.4 Å². The van der Waals surface area contributed by atoms with Gasteiger partial charge in [0.1, 0.15) is 11.5 Å². The van der Waals surface area contributed by atoms with E-state index in [1.165, 1.54) is 20.3 Å². The molecular formula is C16H19ClNO5-. The number of nitrogens with one attached hydrogen (secondary N) is 1. The number of hydrogen-bond acceptors (Lipinski definition) is 5. The van der Waals surface area contributed by atoms with Gasteiger partial charge in [-0.15, -0.1) is 0 Å². The van der Waals surface area contributed by atoms with Gasteiger partial charge in [-0.3, -0.25) is 4.79 Å². The Labute approximate surface area is 139 Å². The van der Waals surface area contributed by atoms with Crippen molar-refractivity contribution in [3.8, 4) is 11.5 Å². The number of halogens is 1. The maximum atomic E-state index is 12.5. The number of anilines is 1. The maximum absolute atomic E-state index is 12.5. The molecule has 23 heavy (non-hydrogen) atoms. The first-order valence-electron chi connectivity index (χ1n) is 7.41. The van der Waals surface area contributed by atoms with Gasteiger partial charge < -0.3 is 24.7 Å². The Morgan fingerprint density at radius 2 is 1.74 bits per heavy atom. The number of aliphatic carboxylic acids is 1. The molecule has 1 fully saturated rings. The van der Waals surface area contributed by atoms with Crippen LogP contribution in [0.1, 0.15) is 25.7 Å². The number of carboxylic acid groups (broad SMARTS) is 1. The Bertz CT molecular complexity index is 604. The highest BCUT2D eigenvalue weighted by Crippen LogP contribution is 2.37. The molecule has 1 amide bonds. The summed E-state index contributed by atoms with van der Waals surface area (Å²) in [7, 11) is 2.94. The van der Waals surface area contributed by atoms with E-state index in [4.69, 9.17) is 21.1 Å². The minimum absolute atomic E-state index is 0.323. The van der Waals surface area contributed by atoms with E-state index >= 15 is 0 Å². The fraction of sp³-hybridized carbons (Fsp3) is 0.500. The smallest absolute Gasteiger partial charge is 0.228 e. The summed E-state index contributed by atoms with van der Waals surface area (Å²) < 4.78 is 10.3. The van der Waals surface area contributed by atoms with Crippen molar-refractivity contribution in [1.29, 1.82) is 0 Å². The lowest BCUT2D eigenvalue weighted by molar-refractivity contribution is -0.313. The van der Waals surface area contributed by atoms with Gasteiger partial charge in [0.15, 0.2) is 0 Å². The second-order valence-electron chi connectivity index (χ2n) is 5.49. The van der Waals surface area contributed by atoms with Crippen LogP contribution in [0.3, 0.4) is 0 Å². The van der Waals surface area contributed by atoms with E-state index in [-0.39, 0.29) is 5.91 Å². The average Bonchev–Trinajstić information content (AvgIpc) is 2.55. The Kier molecular flexibility index (Phi) is 5.71. The molecule has 0 unspecified atom stereocenters. The zero-order valence-electron chi connectivity index (χ0n) is 13.1. The molecule has 1 aliphatic carbocycles.